The molecular weight excluding hydrogens is 350 g/mol. The number of ether oxygens (including phenoxy) is 1. The van der Waals surface area contributed by atoms with Crippen LogP contribution in [0.25, 0.3) is 0 Å². The van der Waals surface area contributed by atoms with Gasteiger partial charge in [0, 0.05) is 20.2 Å². The summed E-state index contributed by atoms with van der Waals surface area (Å²) in [6, 6.07) is 13.2. The maximum atomic E-state index is 12.1. The maximum Gasteiger partial charge on any atom is 0.338 e. The second kappa shape index (κ2) is 8.79. The monoisotopic (exact) mass is 371 g/mol. The van der Waals surface area contributed by atoms with Gasteiger partial charge in [-0.25, -0.2) is 4.79 Å². The van der Waals surface area contributed by atoms with Crippen molar-refractivity contribution in [1.82, 2.24) is 5.32 Å². The predicted molar refractivity (Wildman–Crippen MR) is 101 cm³/mol. The minimum Gasteiger partial charge on any atom is -0.452 e. The molecule has 1 N–H and O–H groups in total. The van der Waals surface area contributed by atoms with E-state index in [1.165, 1.54) is 12.1 Å². The number of carbonyl (C=O) groups is 2. The van der Waals surface area contributed by atoms with Crippen LogP contribution in [-0.4, -0.2) is 37.5 Å². The Morgan fingerprint density at radius 1 is 1.19 bits per heavy atom. The highest BCUT2D eigenvalue weighted by Gasteiger charge is 2.20. The normalized spacial score (nSPS) is 11.4. The third kappa shape index (κ3) is 5.27. The van der Waals surface area contributed by atoms with Crippen LogP contribution in [0, 0.1) is 10.1 Å². The number of hydrogen-bond acceptors (Lipinski definition) is 6. The summed E-state index contributed by atoms with van der Waals surface area (Å²) in [4.78, 5) is 36.3. The SMILES string of the molecule is C[C@@H](NC(=O)COC(=O)c1ccc(N(C)C)c([N+](=O)[O-])c1)c1ccccc1. The number of nitro groups is 1. The maximum absolute atomic E-state index is 12.1. The molecule has 0 radical (unpaired) electrons. The third-order valence-electron chi connectivity index (χ3n) is 3.90. The van der Waals surface area contributed by atoms with Gasteiger partial charge in [-0.1, -0.05) is 30.3 Å². The van der Waals surface area contributed by atoms with Crippen molar-refractivity contribution in [3.8, 4) is 0 Å². The minimum atomic E-state index is -0.800. The van der Waals surface area contributed by atoms with E-state index in [0.29, 0.717) is 5.69 Å². The number of esters is 1. The molecule has 2 aromatic rings. The first-order valence-electron chi connectivity index (χ1n) is 8.26. The number of nitro benzene ring substituents is 1. The van der Waals surface area contributed by atoms with E-state index in [-0.39, 0.29) is 17.3 Å². The van der Waals surface area contributed by atoms with Gasteiger partial charge < -0.3 is 15.0 Å². The molecule has 0 saturated heterocycles. The number of nitrogens with one attached hydrogen (secondary N) is 1. The summed E-state index contributed by atoms with van der Waals surface area (Å²) in [5, 5.41) is 13.9. The molecule has 142 valence electrons. The molecule has 0 saturated carbocycles. The molecule has 0 heterocycles. The quantitative estimate of drug-likeness (QED) is 0.456. The Labute approximate surface area is 156 Å². The fourth-order valence-corrected chi connectivity index (χ4v) is 2.50. The van der Waals surface area contributed by atoms with Crippen molar-refractivity contribution in [2.24, 2.45) is 0 Å². The van der Waals surface area contributed by atoms with Crippen LogP contribution in [0.3, 0.4) is 0 Å². The highest BCUT2D eigenvalue weighted by atomic mass is 16.6. The van der Waals surface area contributed by atoms with Gasteiger partial charge in [-0.05, 0) is 24.6 Å². The Kier molecular flexibility index (Phi) is 6.48. The van der Waals surface area contributed by atoms with E-state index in [4.69, 9.17) is 4.74 Å². The molecule has 0 aliphatic heterocycles. The van der Waals surface area contributed by atoms with Gasteiger partial charge in [-0.2, -0.15) is 0 Å². The Morgan fingerprint density at radius 3 is 2.44 bits per heavy atom. The van der Waals surface area contributed by atoms with Crippen LogP contribution in [0.4, 0.5) is 11.4 Å². The van der Waals surface area contributed by atoms with Crippen LogP contribution in [0.1, 0.15) is 28.9 Å². The zero-order chi connectivity index (χ0) is 20.0. The summed E-state index contributed by atoms with van der Waals surface area (Å²) in [6.45, 7) is 1.34. The lowest BCUT2D eigenvalue weighted by Gasteiger charge is -2.15. The topological polar surface area (TPSA) is 102 Å². The molecule has 0 aliphatic rings. The summed E-state index contributed by atoms with van der Waals surface area (Å²) in [5.74, 6) is -1.26. The van der Waals surface area contributed by atoms with Crippen molar-refractivity contribution in [3.63, 3.8) is 0 Å². The first kappa shape index (κ1) is 19.9. The lowest BCUT2D eigenvalue weighted by molar-refractivity contribution is -0.384. The van der Waals surface area contributed by atoms with Crippen LogP contribution >= 0.6 is 0 Å². The minimum absolute atomic E-state index is 0.0104. The lowest BCUT2D eigenvalue weighted by atomic mass is 10.1. The Bertz CT molecular complexity index is 836. The number of hydrogen-bond donors (Lipinski definition) is 1. The zero-order valence-electron chi connectivity index (χ0n) is 15.3. The third-order valence-corrected chi connectivity index (χ3v) is 3.90. The molecule has 27 heavy (non-hydrogen) atoms. The van der Waals surface area contributed by atoms with Crippen molar-refractivity contribution < 1.29 is 19.2 Å². The van der Waals surface area contributed by atoms with Crippen LogP contribution in [-0.2, 0) is 9.53 Å². The molecule has 8 nitrogen and oxygen atoms in total. The van der Waals surface area contributed by atoms with E-state index in [0.717, 1.165) is 11.6 Å². The Hall–Kier alpha value is -3.42. The molecule has 0 unspecified atom stereocenters. The second-order valence-corrected chi connectivity index (χ2v) is 6.13. The number of nitrogens with zero attached hydrogens (tertiary/aromatic N) is 2. The molecule has 1 atom stereocenters. The van der Waals surface area contributed by atoms with Crippen molar-refractivity contribution in [2.45, 2.75) is 13.0 Å². The summed E-state index contributed by atoms with van der Waals surface area (Å²) in [6.07, 6.45) is 0. The number of anilines is 1. The molecule has 0 aliphatic carbocycles. The van der Waals surface area contributed by atoms with Crippen molar-refractivity contribution in [1.29, 1.82) is 0 Å². The van der Waals surface area contributed by atoms with E-state index in [9.17, 15) is 19.7 Å². The Balaban J connectivity index is 1.98. The van der Waals surface area contributed by atoms with Gasteiger partial charge in [0.05, 0.1) is 16.5 Å². The van der Waals surface area contributed by atoms with Gasteiger partial charge in [0.25, 0.3) is 11.6 Å². The van der Waals surface area contributed by atoms with Gasteiger partial charge in [0.15, 0.2) is 6.61 Å². The molecule has 0 aromatic heterocycles. The second-order valence-electron chi connectivity index (χ2n) is 6.13. The van der Waals surface area contributed by atoms with E-state index in [2.05, 4.69) is 5.32 Å². The van der Waals surface area contributed by atoms with Crippen molar-refractivity contribution >= 4 is 23.3 Å². The van der Waals surface area contributed by atoms with Gasteiger partial charge in [-0.15, -0.1) is 0 Å². The van der Waals surface area contributed by atoms with Gasteiger partial charge in [-0.3, -0.25) is 14.9 Å². The summed E-state index contributed by atoms with van der Waals surface area (Å²) in [5.41, 5.74) is 1.09. The van der Waals surface area contributed by atoms with Gasteiger partial charge in [0.1, 0.15) is 5.69 Å². The summed E-state index contributed by atoms with van der Waals surface area (Å²) >= 11 is 0. The van der Waals surface area contributed by atoms with Crippen molar-refractivity contribution in [3.05, 3.63) is 69.8 Å². The molecule has 1 amide bonds. The summed E-state index contributed by atoms with van der Waals surface area (Å²) < 4.78 is 4.97. The predicted octanol–water partition coefficient (Wildman–Crippen LogP) is 2.70. The van der Waals surface area contributed by atoms with Crippen LogP contribution in [0.5, 0.6) is 0 Å². The fourth-order valence-electron chi connectivity index (χ4n) is 2.50. The van der Waals surface area contributed by atoms with Gasteiger partial charge in [0.2, 0.25) is 0 Å². The molecule has 2 rings (SSSR count). The summed E-state index contributed by atoms with van der Waals surface area (Å²) in [7, 11) is 3.33. The number of benzene rings is 2. The van der Waals surface area contributed by atoms with Gasteiger partial charge >= 0.3 is 5.97 Å². The van der Waals surface area contributed by atoms with Crippen LogP contribution in [0.2, 0.25) is 0 Å². The molecular formula is C19H21N3O5. The average molecular weight is 371 g/mol. The number of amides is 1. The molecule has 8 heteroatoms. The first-order chi connectivity index (χ1) is 12.8. The van der Waals surface area contributed by atoms with E-state index in [1.54, 1.807) is 19.0 Å². The molecule has 0 bridgehead atoms. The van der Waals surface area contributed by atoms with Crippen molar-refractivity contribution in [2.75, 3.05) is 25.6 Å². The number of rotatable bonds is 7. The molecule has 0 spiro atoms. The van der Waals surface area contributed by atoms with Crippen LogP contribution < -0.4 is 10.2 Å². The molecule has 2 aromatic carbocycles. The first-order valence-corrected chi connectivity index (χ1v) is 8.26. The average Bonchev–Trinajstić information content (AvgIpc) is 2.66. The van der Waals surface area contributed by atoms with E-state index < -0.39 is 23.4 Å². The van der Waals surface area contributed by atoms with E-state index >= 15 is 0 Å². The largest absolute Gasteiger partial charge is 0.452 e. The lowest BCUT2D eigenvalue weighted by Crippen LogP contribution is -2.31. The Morgan fingerprint density at radius 2 is 1.85 bits per heavy atom. The standard InChI is InChI=1S/C19H21N3O5/c1-13(14-7-5-4-6-8-14)20-18(23)12-27-19(24)15-9-10-16(21(2)3)17(11-15)22(25)26/h4-11,13H,12H2,1-3H3,(H,20,23)/t13-/m1/s1. The van der Waals surface area contributed by atoms with Crippen LogP contribution in [0.15, 0.2) is 48.5 Å². The highest BCUT2D eigenvalue weighted by Crippen LogP contribution is 2.27. The fraction of sp³-hybridized carbons (Fsp3) is 0.263. The van der Waals surface area contributed by atoms with E-state index in [1.807, 2.05) is 37.3 Å². The smallest absolute Gasteiger partial charge is 0.338 e. The highest BCUT2D eigenvalue weighted by molar-refractivity contribution is 5.93. The zero-order valence-corrected chi connectivity index (χ0v) is 15.3. The molecule has 0 fully saturated rings. The number of carbonyl (C=O) groups excluding carboxylic acids is 2.